The van der Waals surface area contributed by atoms with Crippen LogP contribution in [-0.2, 0) is 0 Å². The fourth-order valence-electron chi connectivity index (χ4n) is 2.76. The number of pyridine rings is 1. The van der Waals surface area contributed by atoms with Crippen LogP contribution in [0.15, 0.2) is 17.1 Å². The van der Waals surface area contributed by atoms with Gasteiger partial charge in [-0.3, -0.25) is 9.59 Å². The molecule has 1 aromatic heterocycles. The first-order valence-electron chi connectivity index (χ1n) is 6.75. The number of hydrogen-bond acceptors (Lipinski definition) is 3. The summed E-state index contributed by atoms with van der Waals surface area (Å²) in [4.78, 5) is 29.1. The monoisotopic (exact) mass is 299 g/mol. The van der Waals surface area contributed by atoms with Gasteiger partial charge >= 0.3 is 0 Å². The maximum absolute atomic E-state index is 12.5. The van der Waals surface area contributed by atoms with E-state index in [0.717, 1.165) is 18.5 Å². The highest BCUT2D eigenvalue weighted by atomic mass is 35.5. The fraction of sp³-hybridized carbons (Fsp3) is 0.571. The van der Waals surface area contributed by atoms with Crippen molar-refractivity contribution in [3.63, 3.8) is 0 Å². The zero-order valence-electron chi connectivity index (χ0n) is 11.9. The lowest BCUT2D eigenvalue weighted by molar-refractivity contribution is 0.0531. The van der Waals surface area contributed by atoms with Crippen LogP contribution in [-0.4, -0.2) is 34.9 Å². The number of amides is 1. The lowest BCUT2D eigenvalue weighted by Crippen LogP contribution is -2.52. The predicted molar refractivity (Wildman–Crippen MR) is 81.3 cm³/mol. The van der Waals surface area contributed by atoms with Gasteiger partial charge in [-0.2, -0.15) is 0 Å². The number of rotatable bonds is 2. The minimum atomic E-state index is -0.227. The summed E-state index contributed by atoms with van der Waals surface area (Å²) in [6.45, 7) is 5.02. The molecule has 1 amide bonds. The van der Waals surface area contributed by atoms with Gasteiger partial charge in [0.1, 0.15) is 5.56 Å². The highest BCUT2D eigenvalue weighted by Crippen LogP contribution is 2.23. The number of carbonyl (C=O) groups is 1. The van der Waals surface area contributed by atoms with Gasteiger partial charge in [-0.15, -0.1) is 12.4 Å². The minimum absolute atomic E-state index is 0. The van der Waals surface area contributed by atoms with E-state index in [-0.39, 0.29) is 35.3 Å². The molecule has 20 heavy (non-hydrogen) atoms. The van der Waals surface area contributed by atoms with E-state index in [1.165, 1.54) is 12.3 Å². The molecule has 1 fully saturated rings. The van der Waals surface area contributed by atoms with Gasteiger partial charge < -0.3 is 15.6 Å². The lowest BCUT2D eigenvalue weighted by Gasteiger charge is -2.39. The molecular weight excluding hydrogens is 278 g/mol. The van der Waals surface area contributed by atoms with E-state index in [2.05, 4.69) is 11.9 Å². The maximum atomic E-state index is 12.5. The highest BCUT2D eigenvalue weighted by molar-refractivity contribution is 5.94. The van der Waals surface area contributed by atoms with Crippen LogP contribution in [0, 0.1) is 12.8 Å². The Morgan fingerprint density at radius 1 is 1.55 bits per heavy atom. The van der Waals surface area contributed by atoms with Gasteiger partial charge in [0.2, 0.25) is 0 Å². The largest absolute Gasteiger partial charge is 0.364 e. The van der Waals surface area contributed by atoms with Crippen molar-refractivity contribution in [1.82, 2.24) is 9.88 Å². The number of piperidine rings is 1. The Hall–Kier alpha value is -1.33. The third kappa shape index (κ3) is 3.22. The Morgan fingerprint density at radius 3 is 2.85 bits per heavy atom. The van der Waals surface area contributed by atoms with Gasteiger partial charge in [-0.25, -0.2) is 0 Å². The molecular formula is C14H22ClN3O2. The lowest BCUT2D eigenvalue weighted by atomic mass is 9.90. The summed E-state index contributed by atoms with van der Waals surface area (Å²) in [5.74, 6) is 0.176. The van der Waals surface area contributed by atoms with Crippen molar-refractivity contribution in [3.05, 3.63) is 33.7 Å². The van der Waals surface area contributed by atoms with E-state index in [1.807, 2.05) is 0 Å². The quantitative estimate of drug-likeness (QED) is 0.864. The number of nitrogens with zero attached hydrogens (tertiary/aromatic N) is 1. The Labute approximate surface area is 125 Å². The second-order valence-corrected chi connectivity index (χ2v) is 5.32. The van der Waals surface area contributed by atoms with Crippen molar-refractivity contribution in [3.8, 4) is 0 Å². The molecule has 2 heterocycles. The first kappa shape index (κ1) is 16.7. The van der Waals surface area contributed by atoms with Crippen LogP contribution in [0.25, 0.3) is 0 Å². The van der Waals surface area contributed by atoms with Gasteiger partial charge in [0.05, 0.1) is 0 Å². The van der Waals surface area contributed by atoms with Crippen LogP contribution >= 0.6 is 12.4 Å². The Balaban J connectivity index is 0.00000200. The molecule has 1 aliphatic rings. The van der Waals surface area contributed by atoms with E-state index in [9.17, 15) is 9.59 Å². The van der Waals surface area contributed by atoms with E-state index in [1.54, 1.807) is 11.8 Å². The van der Waals surface area contributed by atoms with E-state index >= 15 is 0 Å². The number of hydrogen-bond donors (Lipinski definition) is 2. The smallest absolute Gasteiger partial charge is 0.259 e. The van der Waals surface area contributed by atoms with Gasteiger partial charge in [0.25, 0.3) is 5.91 Å². The molecule has 0 bridgehead atoms. The van der Waals surface area contributed by atoms with E-state index < -0.39 is 0 Å². The van der Waals surface area contributed by atoms with Gasteiger partial charge in [0, 0.05) is 37.1 Å². The number of carbonyl (C=O) groups excluding carboxylic acids is 1. The van der Waals surface area contributed by atoms with Gasteiger partial charge in [-0.05, 0) is 25.7 Å². The molecule has 2 unspecified atom stereocenters. The minimum Gasteiger partial charge on any atom is -0.364 e. The van der Waals surface area contributed by atoms with Crippen LogP contribution in [0.4, 0.5) is 0 Å². The fourth-order valence-corrected chi connectivity index (χ4v) is 2.76. The topological polar surface area (TPSA) is 79.2 Å². The first-order valence-corrected chi connectivity index (χ1v) is 6.75. The summed E-state index contributed by atoms with van der Waals surface area (Å²) in [5.41, 5.74) is 6.52. The Morgan fingerprint density at radius 2 is 2.25 bits per heavy atom. The second-order valence-electron chi connectivity index (χ2n) is 5.32. The summed E-state index contributed by atoms with van der Waals surface area (Å²) in [6, 6.07) is 1.49. The average molecular weight is 300 g/mol. The molecule has 2 rings (SSSR count). The number of nitrogens with one attached hydrogen (secondary N) is 1. The van der Waals surface area contributed by atoms with Crippen molar-refractivity contribution in [2.75, 3.05) is 13.1 Å². The standard InChI is InChI=1S/C14H21N3O2.ClH/c1-9-4-3-5-17(12(9)7-15)14(19)11-8-16-10(2)6-13(11)18;/h6,8-9,12H,3-5,7,15H2,1-2H3,(H,16,18);1H. The molecule has 0 radical (unpaired) electrons. The molecule has 0 spiro atoms. The molecule has 0 aliphatic carbocycles. The second kappa shape index (κ2) is 6.90. The molecule has 0 aromatic carbocycles. The number of halogens is 1. The third-order valence-electron chi connectivity index (χ3n) is 3.91. The zero-order valence-corrected chi connectivity index (χ0v) is 12.7. The van der Waals surface area contributed by atoms with Crippen LogP contribution in [0.5, 0.6) is 0 Å². The summed E-state index contributed by atoms with van der Waals surface area (Å²) in [7, 11) is 0. The van der Waals surface area contributed by atoms with Crippen LogP contribution in [0.3, 0.4) is 0 Å². The molecule has 3 N–H and O–H groups in total. The van der Waals surface area contributed by atoms with Crippen molar-refractivity contribution >= 4 is 18.3 Å². The molecule has 1 aliphatic heterocycles. The van der Waals surface area contributed by atoms with Gasteiger partial charge in [0.15, 0.2) is 5.43 Å². The number of aromatic amines is 1. The summed E-state index contributed by atoms with van der Waals surface area (Å²) < 4.78 is 0. The molecule has 0 saturated carbocycles. The highest BCUT2D eigenvalue weighted by Gasteiger charge is 2.32. The van der Waals surface area contributed by atoms with Crippen molar-refractivity contribution < 1.29 is 4.79 Å². The van der Waals surface area contributed by atoms with E-state index in [0.29, 0.717) is 19.0 Å². The van der Waals surface area contributed by atoms with Gasteiger partial charge in [-0.1, -0.05) is 6.92 Å². The summed E-state index contributed by atoms with van der Waals surface area (Å²) in [5, 5.41) is 0. The number of H-pyrrole nitrogens is 1. The first-order chi connectivity index (χ1) is 9.04. The summed E-state index contributed by atoms with van der Waals surface area (Å²) in [6.07, 6.45) is 3.55. The van der Waals surface area contributed by atoms with Crippen molar-refractivity contribution in [2.24, 2.45) is 11.7 Å². The Kier molecular flexibility index (Phi) is 5.77. The molecule has 6 heteroatoms. The van der Waals surface area contributed by atoms with E-state index in [4.69, 9.17) is 5.73 Å². The molecule has 1 saturated heterocycles. The number of aromatic nitrogens is 1. The zero-order chi connectivity index (χ0) is 14.0. The third-order valence-corrected chi connectivity index (χ3v) is 3.91. The van der Waals surface area contributed by atoms with Crippen molar-refractivity contribution in [2.45, 2.75) is 32.7 Å². The van der Waals surface area contributed by atoms with Crippen LogP contribution in [0.2, 0.25) is 0 Å². The van der Waals surface area contributed by atoms with Crippen molar-refractivity contribution in [1.29, 1.82) is 0 Å². The maximum Gasteiger partial charge on any atom is 0.259 e. The Bertz CT molecular complexity index is 529. The molecule has 112 valence electrons. The average Bonchev–Trinajstić information content (AvgIpc) is 2.37. The SMILES string of the molecule is Cc1cc(=O)c(C(=O)N2CCCC(C)C2CN)c[nH]1.Cl. The molecule has 5 nitrogen and oxygen atoms in total. The number of likely N-dealkylation sites (tertiary alicyclic amines) is 1. The molecule has 1 aromatic rings. The number of aryl methyl sites for hydroxylation is 1. The normalized spacial score (nSPS) is 22.2. The summed E-state index contributed by atoms with van der Waals surface area (Å²) >= 11 is 0. The number of nitrogens with two attached hydrogens (primary N) is 1. The molecule has 2 atom stereocenters. The van der Waals surface area contributed by atoms with Crippen LogP contribution in [0.1, 0.15) is 35.8 Å². The predicted octanol–water partition coefficient (Wildman–Crippen LogP) is 1.30. The van der Waals surface area contributed by atoms with Crippen LogP contribution < -0.4 is 11.2 Å².